The quantitative estimate of drug-likeness (QED) is 0.818. The van der Waals surface area contributed by atoms with E-state index in [1.807, 2.05) is 30.3 Å². The van der Waals surface area contributed by atoms with Crippen LogP contribution in [0.5, 0.6) is 0 Å². The summed E-state index contributed by atoms with van der Waals surface area (Å²) in [6, 6.07) is 9.78. The summed E-state index contributed by atoms with van der Waals surface area (Å²) >= 11 is 0. The number of rotatable bonds is 4. The van der Waals surface area contributed by atoms with Crippen LogP contribution in [0.3, 0.4) is 0 Å². The Kier molecular flexibility index (Phi) is 4.63. The van der Waals surface area contributed by atoms with E-state index in [0.29, 0.717) is 26.2 Å². The summed E-state index contributed by atoms with van der Waals surface area (Å²) in [7, 11) is 1.78. The van der Waals surface area contributed by atoms with Crippen LogP contribution in [0.25, 0.3) is 0 Å². The highest BCUT2D eigenvalue weighted by molar-refractivity contribution is 5.79. The number of hydrogen-bond acceptors (Lipinski definition) is 4. The molecule has 0 bridgehead atoms. The molecule has 1 atom stereocenters. The largest absolute Gasteiger partial charge is 0.367 e. The summed E-state index contributed by atoms with van der Waals surface area (Å²) in [5, 5.41) is 0. The molecule has 0 radical (unpaired) electrons. The summed E-state index contributed by atoms with van der Waals surface area (Å²) < 4.78 is 11.2. The van der Waals surface area contributed by atoms with Crippen LogP contribution in [0.15, 0.2) is 30.3 Å². The molecule has 1 spiro atoms. The molecule has 0 aliphatic carbocycles. The molecule has 2 saturated heterocycles. The lowest BCUT2D eigenvalue weighted by Gasteiger charge is -2.38. The summed E-state index contributed by atoms with van der Waals surface area (Å²) in [6.07, 6.45) is 0.759. The third-order valence-electron chi connectivity index (χ3n) is 4.46. The number of likely N-dealkylation sites (tertiary alicyclic amines) is 1. The van der Waals surface area contributed by atoms with E-state index in [-0.39, 0.29) is 25.0 Å². The Bertz CT molecular complexity index is 577. The number of benzene rings is 1. The van der Waals surface area contributed by atoms with Gasteiger partial charge in [0.25, 0.3) is 0 Å². The van der Waals surface area contributed by atoms with Gasteiger partial charge in [-0.25, -0.2) is 0 Å². The van der Waals surface area contributed by atoms with Crippen LogP contribution in [0.1, 0.15) is 12.0 Å². The zero-order chi connectivity index (χ0) is 16.3. The Morgan fingerprint density at radius 1 is 1.30 bits per heavy atom. The Morgan fingerprint density at radius 3 is 2.83 bits per heavy atom. The third kappa shape index (κ3) is 3.71. The average molecular weight is 318 g/mol. The highest BCUT2D eigenvalue weighted by atomic mass is 16.5. The normalized spacial score (nSPS) is 24.5. The first kappa shape index (κ1) is 16.0. The van der Waals surface area contributed by atoms with E-state index in [1.165, 1.54) is 0 Å². The lowest BCUT2D eigenvalue weighted by Crippen LogP contribution is -2.54. The molecule has 0 aromatic heterocycles. The van der Waals surface area contributed by atoms with Gasteiger partial charge in [-0.15, -0.1) is 0 Å². The maximum Gasteiger partial charge on any atom is 0.248 e. The van der Waals surface area contributed by atoms with Crippen LogP contribution in [0, 0.1) is 0 Å². The van der Waals surface area contributed by atoms with Gasteiger partial charge in [-0.05, 0) is 12.0 Å². The van der Waals surface area contributed by atoms with Crippen molar-refractivity contribution in [1.82, 2.24) is 9.80 Å². The first-order valence-corrected chi connectivity index (χ1v) is 7.85. The van der Waals surface area contributed by atoms with Crippen molar-refractivity contribution in [2.45, 2.75) is 18.6 Å². The standard InChI is InChI=1S/C17H22N2O4/c1-18-12-17(23-11-15(18)20)7-8-19(13-17)16(21)10-22-9-14-5-3-2-4-6-14/h2-6H,7-13H2,1H3/t17-/m0/s1. The summed E-state index contributed by atoms with van der Waals surface area (Å²) in [4.78, 5) is 27.3. The van der Waals surface area contributed by atoms with Crippen molar-refractivity contribution in [3.8, 4) is 0 Å². The van der Waals surface area contributed by atoms with Gasteiger partial charge in [0.15, 0.2) is 0 Å². The Labute approximate surface area is 136 Å². The van der Waals surface area contributed by atoms with Gasteiger partial charge in [0.2, 0.25) is 11.8 Å². The predicted octanol–water partition coefficient (Wildman–Crippen LogP) is 0.663. The van der Waals surface area contributed by atoms with E-state index in [4.69, 9.17) is 9.47 Å². The number of nitrogens with zero attached hydrogens (tertiary/aromatic N) is 2. The van der Waals surface area contributed by atoms with Crippen molar-refractivity contribution >= 4 is 11.8 Å². The molecule has 0 unspecified atom stereocenters. The van der Waals surface area contributed by atoms with Gasteiger partial charge in [0.1, 0.15) is 18.8 Å². The molecule has 1 aromatic carbocycles. The van der Waals surface area contributed by atoms with Crippen molar-refractivity contribution in [3.63, 3.8) is 0 Å². The average Bonchev–Trinajstić information content (AvgIpc) is 2.96. The van der Waals surface area contributed by atoms with Gasteiger partial charge in [-0.3, -0.25) is 9.59 Å². The van der Waals surface area contributed by atoms with E-state index in [1.54, 1.807) is 16.8 Å². The van der Waals surface area contributed by atoms with Crippen molar-refractivity contribution in [2.75, 3.05) is 39.9 Å². The minimum atomic E-state index is -0.405. The van der Waals surface area contributed by atoms with Crippen LogP contribution < -0.4 is 0 Å². The van der Waals surface area contributed by atoms with Gasteiger partial charge in [0, 0.05) is 13.6 Å². The van der Waals surface area contributed by atoms with E-state index in [2.05, 4.69) is 0 Å². The third-order valence-corrected chi connectivity index (χ3v) is 4.46. The fourth-order valence-electron chi connectivity index (χ4n) is 3.12. The second-order valence-electron chi connectivity index (χ2n) is 6.27. The van der Waals surface area contributed by atoms with Crippen LogP contribution >= 0.6 is 0 Å². The van der Waals surface area contributed by atoms with Crippen molar-refractivity contribution in [2.24, 2.45) is 0 Å². The van der Waals surface area contributed by atoms with Gasteiger partial charge in [-0.2, -0.15) is 0 Å². The number of amides is 2. The number of morpholine rings is 1. The molecule has 0 saturated carbocycles. The molecule has 2 amide bonds. The van der Waals surface area contributed by atoms with E-state index in [9.17, 15) is 9.59 Å². The predicted molar refractivity (Wildman–Crippen MR) is 83.6 cm³/mol. The van der Waals surface area contributed by atoms with E-state index in [0.717, 1.165) is 12.0 Å². The van der Waals surface area contributed by atoms with Crippen molar-refractivity contribution in [3.05, 3.63) is 35.9 Å². The molecule has 23 heavy (non-hydrogen) atoms. The van der Waals surface area contributed by atoms with Gasteiger partial charge in [-0.1, -0.05) is 30.3 Å². The first-order valence-electron chi connectivity index (χ1n) is 7.85. The maximum absolute atomic E-state index is 12.3. The lowest BCUT2D eigenvalue weighted by atomic mass is 10.0. The fraction of sp³-hybridized carbons (Fsp3) is 0.529. The van der Waals surface area contributed by atoms with E-state index < -0.39 is 5.60 Å². The first-order chi connectivity index (χ1) is 11.1. The second kappa shape index (κ2) is 6.68. The smallest absolute Gasteiger partial charge is 0.248 e. The van der Waals surface area contributed by atoms with Crippen molar-refractivity contribution < 1.29 is 19.1 Å². The molecule has 6 heteroatoms. The molecular formula is C17H22N2O4. The maximum atomic E-state index is 12.3. The Hall–Kier alpha value is -1.92. The summed E-state index contributed by atoms with van der Waals surface area (Å²) in [6.45, 7) is 2.32. The molecule has 2 heterocycles. The highest BCUT2D eigenvalue weighted by Gasteiger charge is 2.45. The number of ether oxygens (including phenoxy) is 2. The molecule has 6 nitrogen and oxygen atoms in total. The molecule has 124 valence electrons. The summed E-state index contributed by atoms with van der Waals surface area (Å²) in [5.41, 5.74) is 0.645. The summed E-state index contributed by atoms with van der Waals surface area (Å²) in [5.74, 6) is -0.0347. The highest BCUT2D eigenvalue weighted by Crippen LogP contribution is 2.29. The van der Waals surface area contributed by atoms with Gasteiger partial charge < -0.3 is 19.3 Å². The van der Waals surface area contributed by atoms with Gasteiger partial charge in [0.05, 0.1) is 19.7 Å². The van der Waals surface area contributed by atoms with E-state index >= 15 is 0 Å². The Morgan fingerprint density at radius 2 is 2.09 bits per heavy atom. The Balaban J connectivity index is 1.47. The molecule has 2 aliphatic heterocycles. The monoisotopic (exact) mass is 318 g/mol. The SMILES string of the molecule is CN1C[C@]2(CCN(C(=O)COCc3ccccc3)C2)OCC1=O. The molecule has 2 aliphatic rings. The molecular weight excluding hydrogens is 296 g/mol. The van der Waals surface area contributed by atoms with Gasteiger partial charge >= 0.3 is 0 Å². The van der Waals surface area contributed by atoms with Crippen LogP contribution in [0.2, 0.25) is 0 Å². The number of likely N-dealkylation sites (N-methyl/N-ethyl adjacent to an activating group) is 1. The van der Waals surface area contributed by atoms with Crippen molar-refractivity contribution in [1.29, 1.82) is 0 Å². The minimum Gasteiger partial charge on any atom is -0.367 e. The zero-order valence-corrected chi connectivity index (χ0v) is 13.4. The molecule has 0 N–H and O–H groups in total. The number of hydrogen-bond donors (Lipinski definition) is 0. The number of carbonyl (C=O) groups is 2. The molecule has 1 aromatic rings. The zero-order valence-electron chi connectivity index (χ0n) is 13.4. The topological polar surface area (TPSA) is 59.1 Å². The molecule has 3 rings (SSSR count). The van der Waals surface area contributed by atoms with Crippen LogP contribution in [-0.2, 0) is 25.7 Å². The lowest BCUT2D eigenvalue weighted by molar-refractivity contribution is -0.160. The number of carbonyl (C=O) groups excluding carboxylic acids is 2. The minimum absolute atomic E-state index is 0.00778. The van der Waals surface area contributed by atoms with Crippen LogP contribution in [0.4, 0.5) is 0 Å². The molecule has 2 fully saturated rings. The second-order valence-corrected chi connectivity index (χ2v) is 6.27. The van der Waals surface area contributed by atoms with Crippen LogP contribution in [-0.4, -0.2) is 67.1 Å². The fourth-order valence-corrected chi connectivity index (χ4v) is 3.12.